The summed E-state index contributed by atoms with van der Waals surface area (Å²) in [7, 11) is 0. The molecule has 0 saturated heterocycles. The predicted molar refractivity (Wildman–Crippen MR) is 80.8 cm³/mol. The number of nitrogens with zero attached hydrogens (tertiary/aromatic N) is 3. The molecule has 0 unspecified atom stereocenters. The molecule has 1 fully saturated rings. The van der Waals surface area contributed by atoms with E-state index in [1.54, 1.807) is 6.20 Å². The van der Waals surface area contributed by atoms with Crippen LogP contribution in [0.4, 0.5) is 5.82 Å². The summed E-state index contributed by atoms with van der Waals surface area (Å²) in [6.07, 6.45) is 14.4. The number of fused-ring (bicyclic) bond motifs is 1. The summed E-state index contributed by atoms with van der Waals surface area (Å²) in [5.74, 6) is 0.944. The van der Waals surface area contributed by atoms with Gasteiger partial charge in [-0.3, -0.25) is 0 Å². The molecule has 1 aliphatic carbocycles. The Labute approximate surface area is 118 Å². The molecule has 0 atom stereocenters. The van der Waals surface area contributed by atoms with E-state index < -0.39 is 0 Å². The van der Waals surface area contributed by atoms with Gasteiger partial charge in [-0.25, -0.2) is 9.50 Å². The van der Waals surface area contributed by atoms with Crippen LogP contribution in [0.2, 0.25) is 0 Å². The molecule has 1 N–H and O–H groups in total. The van der Waals surface area contributed by atoms with Crippen LogP contribution < -0.4 is 5.32 Å². The Morgan fingerprint density at radius 3 is 2.95 bits per heavy atom. The average Bonchev–Trinajstić information content (AvgIpc) is 2.95. The van der Waals surface area contributed by atoms with Crippen molar-refractivity contribution in [1.82, 2.24) is 14.6 Å². The molecule has 4 nitrogen and oxygen atoms in total. The van der Waals surface area contributed by atoms with Crippen molar-refractivity contribution in [3.05, 3.63) is 24.7 Å². The molecule has 0 amide bonds. The maximum atomic E-state index is 4.45. The van der Waals surface area contributed by atoms with Crippen molar-refractivity contribution in [2.75, 3.05) is 18.1 Å². The van der Waals surface area contributed by atoms with E-state index in [1.807, 2.05) is 34.7 Å². The highest BCUT2D eigenvalue weighted by atomic mass is 32.2. The smallest absolute Gasteiger partial charge is 0.152 e. The van der Waals surface area contributed by atoms with Gasteiger partial charge in [-0.15, -0.1) is 0 Å². The fourth-order valence-corrected chi connectivity index (χ4v) is 3.80. The largest absolute Gasteiger partial charge is 0.367 e. The number of nitrogens with one attached hydrogen (secondary N) is 1. The lowest BCUT2D eigenvalue weighted by atomic mass is 9.88. The van der Waals surface area contributed by atoms with Crippen LogP contribution in [0, 0.1) is 0 Å². The molecule has 2 aromatic rings. The van der Waals surface area contributed by atoms with Crippen LogP contribution in [0.1, 0.15) is 32.1 Å². The summed E-state index contributed by atoms with van der Waals surface area (Å²) in [5.41, 5.74) is 1.05. The molecule has 0 bridgehead atoms. The highest BCUT2D eigenvalue weighted by molar-refractivity contribution is 8.00. The summed E-state index contributed by atoms with van der Waals surface area (Å²) in [6.45, 7) is 0.992. The summed E-state index contributed by atoms with van der Waals surface area (Å²) in [5, 5.41) is 7.79. The minimum absolute atomic E-state index is 0.382. The second-order valence-electron chi connectivity index (χ2n) is 5.24. The van der Waals surface area contributed by atoms with Gasteiger partial charge in [-0.1, -0.05) is 19.3 Å². The van der Waals surface area contributed by atoms with E-state index in [0.29, 0.717) is 4.75 Å². The van der Waals surface area contributed by atoms with Crippen LogP contribution in [0.25, 0.3) is 5.52 Å². The minimum Gasteiger partial charge on any atom is -0.367 e. The van der Waals surface area contributed by atoms with Gasteiger partial charge in [0.25, 0.3) is 0 Å². The van der Waals surface area contributed by atoms with Gasteiger partial charge < -0.3 is 5.32 Å². The molecule has 0 aliphatic heterocycles. The van der Waals surface area contributed by atoms with E-state index in [1.165, 1.54) is 32.1 Å². The van der Waals surface area contributed by atoms with Crippen LogP contribution in [0.3, 0.4) is 0 Å². The number of rotatable bonds is 4. The first-order valence-electron chi connectivity index (χ1n) is 6.90. The third kappa shape index (κ3) is 2.56. The molecule has 2 aromatic heterocycles. The molecule has 19 heavy (non-hydrogen) atoms. The molecular weight excluding hydrogens is 256 g/mol. The van der Waals surface area contributed by atoms with Gasteiger partial charge >= 0.3 is 0 Å². The standard InChI is InChI=1S/C14H20N4S/c1-19-14(6-3-2-4-7-14)11-16-13-12-5-8-17-18(12)10-9-15-13/h5,8-10H,2-4,6-7,11H2,1H3,(H,15,16). The van der Waals surface area contributed by atoms with Gasteiger partial charge in [0.2, 0.25) is 0 Å². The van der Waals surface area contributed by atoms with Crippen molar-refractivity contribution in [1.29, 1.82) is 0 Å². The zero-order valence-corrected chi connectivity index (χ0v) is 12.1. The van der Waals surface area contributed by atoms with E-state index in [2.05, 4.69) is 21.7 Å². The quantitative estimate of drug-likeness (QED) is 0.931. The van der Waals surface area contributed by atoms with Crippen LogP contribution in [0.15, 0.2) is 24.7 Å². The molecule has 2 heterocycles. The molecule has 0 radical (unpaired) electrons. The van der Waals surface area contributed by atoms with Crippen LogP contribution in [-0.2, 0) is 0 Å². The van der Waals surface area contributed by atoms with E-state index in [-0.39, 0.29) is 0 Å². The van der Waals surface area contributed by atoms with E-state index in [0.717, 1.165) is 17.9 Å². The molecule has 5 heteroatoms. The van der Waals surface area contributed by atoms with Gasteiger partial charge in [-0.05, 0) is 25.2 Å². The first kappa shape index (κ1) is 12.8. The maximum absolute atomic E-state index is 4.45. The van der Waals surface area contributed by atoms with E-state index in [4.69, 9.17) is 0 Å². The highest BCUT2D eigenvalue weighted by Gasteiger charge is 2.31. The zero-order chi connectivity index (χ0) is 13.1. The number of thioether (sulfide) groups is 1. The van der Waals surface area contributed by atoms with Crippen molar-refractivity contribution >= 4 is 23.1 Å². The molecule has 102 valence electrons. The van der Waals surface area contributed by atoms with Gasteiger partial charge in [0.05, 0.1) is 6.20 Å². The third-order valence-electron chi connectivity index (χ3n) is 4.10. The van der Waals surface area contributed by atoms with Gasteiger partial charge in [0.15, 0.2) is 5.82 Å². The first-order chi connectivity index (χ1) is 9.33. The molecule has 1 aliphatic rings. The molecular formula is C14H20N4S. The number of aromatic nitrogens is 3. The number of hydrogen-bond donors (Lipinski definition) is 1. The van der Waals surface area contributed by atoms with E-state index >= 15 is 0 Å². The van der Waals surface area contributed by atoms with Gasteiger partial charge in [-0.2, -0.15) is 16.9 Å². The topological polar surface area (TPSA) is 42.2 Å². The Hall–Kier alpha value is -1.23. The normalized spacial score (nSPS) is 18.6. The average molecular weight is 276 g/mol. The Morgan fingerprint density at radius 1 is 1.32 bits per heavy atom. The summed E-state index contributed by atoms with van der Waals surface area (Å²) >= 11 is 2.01. The van der Waals surface area contributed by atoms with Crippen molar-refractivity contribution in [2.45, 2.75) is 36.9 Å². The SMILES string of the molecule is CSC1(CNc2nccn3nccc23)CCCCC1. The lowest BCUT2D eigenvalue weighted by molar-refractivity contribution is 0.411. The Morgan fingerprint density at radius 2 is 2.16 bits per heavy atom. The Balaban J connectivity index is 1.76. The van der Waals surface area contributed by atoms with Gasteiger partial charge in [0, 0.05) is 23.7 Å². The van der Waals surface area contributed by atoms with Crippen molar-refractivity contribution < 1.29 is 0 Å². The minimum atomic E-state index is 0.382. The zero-order valence-electron chi connectivity index (χ0n) is 11.3. The maximum Gasteiger partial charge on any atom is 0.152 e. The number of anilines is 1. The molecule has 1 saturated carbocycles. The fraction of sp³-hybridized carbons (Fsp3) is 0.571. The first-order valence-corrected chi connectivity index (χ1v) is 8.13. The lowest BCUT2D eigenvalue weighted by Gasteiger charge is -2.36. The second kappa shape index (κ2) is 5.41. The second-order valence-corrected chi connectivity index (χ2v) is 6.51. The Bertz CT molecular complexity index is 545. The van der Waals surface area contributed by atoms with Crippen molar-refractivity contribution in [3.63, 3.8) is 0 Å². The lowest BCUT2D eigenvalue weighted by Crippen LogP contribution is -2.35. The molecule has 0 spiro atoms. The van der Waals surface area contributed by atoms with Crippen LogP contribution in [-0.4, -0.2) is 32.1 Å². The van der Waals surface area contributed by atoms with Crippen molar-refractivity contribution in [3.8, 4) is 0 Å². The van der Waals surface area contributed by atoms with Crippen LogP contribution >= 0.6 is 11.8 Å². The van der Waals surface area contributed by atoms with Gasteiger partial charge in [0.1, 0.15) is 5.52 Å². The molecule has 3 rings (SSSR count). The number of hydrogen-bond acceptors (Lipinski definition) is 4. The summed E-state index contributed by atoms with van der Waals surface area (Å²) < 4.78 is 2.24. The highest BCUT2D eigenvalue weighted by Crippen LogP contribution is 2.38. The van der Waals surface area contributed by atoms with Crippen molar-refractivity contribution in [2.24, 2.45) is 0 Å². The Kier molecular flexibility index (Phi) is 3.64. The summed E-state index contributed by atoms with van der Waals surface area (Å²) in [6, 6.07) is 2.00. The van der Waals surface area contributed by atoms with E-state index in [9.17, 15) is 0 Å². The fourth-order valence-electron chi connectivity index (χ4n) is 2.89. The van der Waals surface area contributed by atoms with Crippen LogP contribution in [0.5, 0.6) is 0 Å². The monoisotopic (exact) mass is 276 g/mol. The molecule has 0 aromatic carbocycles. The summed E-state index contributed by atoms with van der Waals surface area (Å²) in [4.78, 5) is 4.45. The third-order valence-corrected chi connectivity index (χ3v) is 5.52. The predicted octanol–water partition coefficient (Wildman–Crippen LogP) is 3.21.